The summed E-state index contributed by atoms with van der Waals surface area (Å²) in [7, 11) is 0. The Morgan fingerprint density at radius 1 is 0.284 bits per heavy atom. The van der Waals surface area contributed by atoms with E-state index in [1.54, 1.807) is 0 Å². The topological polar surface area (TPSA) is 78.9 Å². The number of ether oxygens (including phenoxy) is 3. The third kappa shape index (κ3) is 57.7. The largest absolute Gasteiger partial charge is 0.462 e. The van der Waals surface area contributed by atoms with Crippen molar-refractivity contribution in [3.8, 4) is 0 Å². The lowest BCUT2D eigenvalue weighted by atomic mass is 10.1. The van der Waals surface area contributed by atoms with Crippen LogP contribution < -0.4 is 0 Å². The van der Waals surface area contributed by atoms with E-state index in [4.69, 9.17) is 14.2 Å². The van der Waals surface area contributed by atoms with E-state index in [1.165, 1.54) is 32.1 Å². The summed E-state index contributed by atoms with van der Waals surface area (Å²) in [6, 6.07) is 0. The lowest BCUT2D eigenvalue weighted by Crippen LogP contribution is -2.30. The molecule has 0 aromatic heterocycles. The van der Waals surface area contributed by atoms with Crippen LogP contribution in [-0.2, 0) is 28.6 Å². The lowest BCUT2D eigenvalue weighted by molar-refractivity contribution is -0.167. The molecule has 0 aliphatic heterocycles. The molecule has 0 aromatic rings. The Hall–Kier alpha value is -5.23. The van der Waals surface area contributed by atoms with Crippen molar-refractivity contribution >= 4 is 17.9 Å². The van der Waals surface area contributed by atoms with Gasteiger partial charge in [-0.2, -0.15) is 0 Å². The second-order valence-corrected chi connectivity index (χ2v) is 18.4. The summed E-state index contributed by atoms with van der Waals surface area (Å²) < 4.78 is 16.7. The maximum Gasteiger partial charge on any atom is 0.306 e. The number of hydrogen-bond acceptors (Lipinski definition) is 6. The Balaban J connectivity index is 4.42. The molecule has 1 atom stereocenters. The number of rotatable bonds is 50. The first-order valence-corrected chi connectivity index (χ1v) is 29.1. The highest BCUT2D eigenvalue weighted by Crippen LogP contribution is 2.12. The highest BCUT2D eigenvalue weighted by Gasteiger charge is 2.19. The van der Waals surface area contributed by atoms with Crippen molar-refractivity contribution in [2.75, 3.05) is 13.2 Å². The quantitative estimate of drug-likeness (QED) is 0.0261. The van der Waals surface area contributed by atoms with Crippen LogP contribution in [0.15, 0.2) is 170 Å². The predicted octanol–water partition coefficient (Wildman–Crippen LogP) is 19.9. The fourth-order valence-corrected chi connectivity index (χ4v) is 7.17. The first-order valence-electron chi connectivity index (χ1n) is 29.1. The van der Waals surface area contributed by atoms with Gasteiger partial charge in [0.05, 0.1) is 0 Å². The van der Waals surface area contributed by atoms with Crippen LogP contribution in [-0.4, -0.2) is 37.2 Å². The first-order chi connectivity index (χ1) is 36.5. The van der Waals surface area contributed by atoms with E-state index in [9.17, 15) is 14.4 Å². The number of esters is 3. The molecular formula is C68H104O6. The van der Waals surface area contributed by atoms with Crippen LogP contribution in [0.2, 0.25) is 0 Å². The van der Waals surface area contributed by atoms with Gasteiger partial charge in [-0.05, 0) is 128 Å². The minimum atomic E-state index is -0.826. The van der Waals surface area contributed by atoms with Crippen LogP contribution in [0.4, 0.5) is 0 Å². The first kappa shape index (κ1) is 68.8. The Morgan fingerprint density at radius 3 is 0.878 bits per heavy atom. The summed E-state index contributed by atoms with van der Waals surface area (Å²) in [5.41, 5.74) is 0. The molecule has 0 N–H and O–H groups in total. The summed E-state index contributed by atoms with van der Waals surface area (Å²) in [5.74, 6) is -1.03. The van der Waals surface area contributed by atoms with Crippen molar-refractivity contribution in [1.82, 2.24) is 0 Å². The number of carbonyl (C=O) groups excluding carboxylic acids is 3. The van der Waals surface area contributed by atoms with Gasteiger partial charge in [-0.25, -0.2) is 0 Å². The molecule has 6 heteroatoms. The average Bonchev–Trinajstić information content (AvgIpc) is 3.40. The fraction of sp³-hybridized carbons (Fsp3) is 0.544. The number of carbonyl (C=O) groups is 3. The van der Waals surface area contributed by atoms with E-state index in [2.05, 4.69) is 191 Å². The van der Waals surface area contributed by atoms with Crippen molar-refractivity contribution in [3.05, 3.63) is 170 Å². The molecule has 0 fully saturated rings. The number of allylic oxidation sites excluding steroid dienone is 28. The van der Waals surface area contributed by atoms with Gasteiger partial charge in [0, 0.05) is 19.3 Å². The van der Waals surface area contributed by atoms with Crippen LogP contribution in [0.3, 0.4) is 0 Å². The molecule has 0 heterocycles. The van der Waals surface area contributed by atoms with Gasteiger partial charge in [-0.15, -0.1) is 0 Å². The number of unbranched alkanes of at least 4 members (excludes halogenated alkanes) is 11. The molecule has 0 bridgehead atoms. The van der Waals surface area contributed by atoms with E-state index >= 15 is 0 Å². The highest BCUT2D eigenvalue weighted by atomic mass is 16.6. The van der Waals surface area contributed by atoms with Crippen LogP contribution in [0.1, 0.15) is 220 Å². The summed E-state index contributed by atoms with van der Waals surface area (Å²) in [5, 5.41) is 0. The smallest absolute Gasteiger partial charge is 0.306 e. The van der Waals surface area contributed by atoms with E-state index in [0.29, 0.717) is 19.3 Å². The van der Waals surface area contributed by atoms with Crippen LogP contribution in [0.5, 0.6) is 0 Å². The van der Waals surface area contributed by atoms with Gasteiger partial charge < -0.3 is 14.2 Å². The second kappa shape index (κ2) is 60.3. The third-order valence-corrected chi connectivity index (χ3v) is 11.5. The summed E-state index contributed by atoms with van der Waals surface area (Å²) >= 11 is 0. The minimum absolute atomic E-state index is 0.117. The maximum atomic E-state index is 12.8. The summed E-state index contributed by atoms with van der Waals surface area (Å²) in [4.78, 5) is 38.0. The van der Waals surface area contributed by atoms with Crippen LogP contribution in [0.25, 0.3) is 0 Å². The van der Waals surface area contributed by atoms with Gasteiger partial charge in [-0.3, -0.25) is 14.4 Å². The molecule has 0 aromatic carbocycles. The maximum absolute atomic E-state index is 12.8. The van der Waals surface area contributed by atoms with E-state index in [0.717, 1.165) is 135 Å². The zero-order valence-electron chi connectivity index (χ0n) is 47.0. The van der Waals surface area contributed by atoms with Crippen LogP contribution >= 0.6 is 0 Å². The van der Waals surface area contributed by atoms with Crippen LogP contribution in [0, 0.1) is 0 Å². The van der Waals surface area contributed by atoms with E-state index < -0.39 is 6.10 Å². The predicted molar refractivity (Wildman–Crippen MR) is 320 cm³/mol. The molecule has 0 saturated carbocycles. The molecule has 0 rings (SSSR count). The highest BCUT2D eigenvalue weighted by molar-refractivity contribution is 5.71. The Morgan fingerprint density at radius 2 is 0.541 bits per heavy atom. The van der Waals surface area contributed by atoms with E-state index in [1.807, 2.05) is 0 Å². The standard InChI is InChI=1S/C68H104O6/c1-4-7-10-13-16-19-21-23-25-27-29-30-31-32-33-34-35-36-37-38-40-41-43-45-47-49-52-55-58-61-67(70)73-64-65(63-72-66(69)60-57-54-51-18-15-12-9-6-3)74-68(71)62-59-56-53-50-48-46-44-42-39-28-26-24-22-20-17-14-11-8-5-2/h7-8,10-11,16-17,19-20,23-26,29-30,32-33,35-36,38-40,42-43,45-46,48-49,52,65H,4-6,9,12-15,18,21-22,27-28,31,34,37,41,44,47,50-51,53-64H2,1-3H3/b10-7-,11-8-,19-16-,20-17-,25-23-,26-24-,30-29-,33-32-,36-35-,40-38-,42-39-,45-43-,48-46-,52-49-. The average molecular weight is 1020 g/mol. The minimum Gasteiger partial charge on any atom is -0.462 e. The molecule has 0 aliphatic carbocycles. The third-order valence-electron chi connectivity index (χ3n) is 11.5. The van der Waals surface area contributed by atoms with Crippen molar-refractivity contribution < 1.29 is 28.6 Å². The van der Waals surface area contributed by atoms with Gasteiger partial charge in [0.2, 0.25) is 0 Å². The molecule has 0 aliphatic rings. The molecule has 0 saturated heterocycles. The molecular weight excluding hydrogens is 913 g/mol. The molecule has 74 heavy (non-hydrogen) atoms. The second-order valence-electron chi connectivity index (χ2n) is 18.4. The van der Waals surface area contributed by atoms with Crippen molar-refractivity contribution in [1.29, 1.82) is 0 Å². The van der Waals surface area contributed by atoms with E-state index in [-0.39, 0.29) is 44.0 Å². The monoisotopic (exact) mass is 1020 g/mol. The zero-order valence-corrected chi connectivity index (χ0v) is 47.0. The normalized spacial score (nSPS) is 13.4. The van der Waals surface area contributed by atoms with Crippen molar-refractivity contribution in [3.63, 3.8) is 0 Å². The molecule has 0 amide bonds. The molecule has 412 valence electrons. The summed E-state index contributed by atoms with van der Waals surface area (Å²) in [6.07, 6.45) is 89.4. The summed E-state index contributed by atoms with van der Waals surface area (Å²) in [6.45, 7) is 6.28. The zero-order chi connectivity index (χ0) is 53.6. The van der Waals surface area contributed by atoms with Gasteiger partial charge in [0.25, 0.3) is 0 Å². The number of hydrogen-bond donors (Lipinski definition) is 0. The van der Waals surface area contributed by atoms with Gasteiger partial charge >= 0.3 is 17.9 Å². The Labute approximate surface area is 453 Å². The van der Waals surface area contributed by atoms with Gasteiger partial charge in [-0.1, -0.05) is 242 Å². The Kier molecular flexibility index (Phi) is 56.1. The molecule has 0 spiro atoms. The fourth-order valence-electron chi connectivity index (χ4n) is 7.17. The molecule has 1 unspecified atom stereocenters. The van der Waals surface area contributed by atoms with Crippen molar-refractivity contribution in [2.45, 2.75) is 226 Å². The van der Waals surface area contributed by atoms with Crippen molar-refractivity contribution in [2.24, 2.45) is 0 Å². The lowest BCUT2D eigenvalue weighted by Gasteiger charge is -2.18. The SMILES string of the molecule is CC/C=C\C/C=C\C/C=C\C/C=C\C/C=C\C/C=C\C/C=C\C/C=C\C/C=C\CCCC(=O)OCC(COC(=O)CCCCCCCCCC)OC(=O)CCCCC/C=C\C/C=C\C/C=C\C/C=C\C/C=C\CC. The Bertz CT molecular complexity index is 1740. The van der Waals surface area contributed by atoms with Gasteiger partial charge in [0.15, 0.2) is 6.10 Å². The van der Waals surface area contributed by atoms with Gasteiger partial charge in [0.1, 0.15) is 13.2 Å². The molecule has 0 radical (unpaired) electrons. The molecule has 6 nitrogen and oxygen atoms in total.